The lowest BCUT2D eigenvalue weighted by Crippen LogP contribution is -2.28. The minimum absolute atomic E-state index is 0.0533. The van der Waals surface area contributed by atoms with Crippen molar-refractivity contribution in [1.82, 2.24) is 14.7 Å². The molecule has 0 saturated carbocycles. The second-order valence-electron chi connectivity index (χ2n) is 7.40. The Hall–Kier alpha value is -3.10. The zero-order valence-electron chi connectivity index (χ0n) is 17.5. The molecule has 1 aromatic heterocycles. The Morgan fingerprint density at radius 1 is 1.12 bits per heavy atom. The summed E-state index contributed by atoms with van der Waals surface area (Å²) in [5.74, 6) is 1.37. The van der Waals surface area contributed by atoms with Crippen LogP contribution in [0.1, 0.15) is 18.9 Å². The van der Waals surface area contributed by atoms with Gasteiger partial charge < -0.3 is 9.47 Å². The maximum Gasteiger partial charge on any atom is 0.266 e. The fourth-order valence-corrected chi connectivity index (χ4v) is 4.98. The number of thiocarbonyl (C=S) groups is 1. The lowest BCUT2D eigenvalue weighted by atomic mass is 10.1. The molecule has 0 aliphatic carbocycles. The van der Waals surface area contributed by atoms with Gasteiger partial charge in [0.2, 0.25) is 0 Å². The van der Waals surface area contributed by atoms with Crippen molar-refractivity contribution in [2.24, 2.45) is 0 Å². The van der Waals surface area contributed by atoms with Crippen LogP contribution in [0.2, 0.25) is 0 Å². The molecule has 0 radical (unpaired) electrons. The number of ether oxygens (including phenoxy) is 2. The van der Waals surface area contributed by atoms with Crippen molar-refractivity contribution in [1.29, 1.82) is 0 Å². The third kappa shape index (κ3) is 3.91. The van der Waals surface area contributed by atoms with Crippen molar-refractivity contribution in [3.8, 4) is 28.4 Å². The van der Waals surface area contributed by atoms with Crippen molar-refractivity contribution < 1.29 is 14.3 Å². The molecular weight excluding hydrogens is 442 g/mol. The predicted molar refractivity (Wildman–Crippen MR) is 130 cm³/mol. The fraction of sp³-hybridized carbons (Fsp3) is 0.208. The number of benzene rings is 2. The highest BCUT2D eigenvalue weighted by atomic mass is 32.2. The third-order valence-electron chi connectivity index (χ3n) is 5.19. The molecule has 0 spiro atoms. The highest BCUT2D eigenvalue weighted by molar-refractivity contribution is 8.26. The van der Waals surface area contributed by atoms with Crippen LogP contribution in [0.25, 0.3) is 23.0 Å². The molecule has 3 heterocycles. The van der Waals surface area contributed by atoms with E-state index in [0.717, 1.165) is 34.7 Å². The van der Waals surface area contributed by atoms with Crippen molar-refractivity contribution >= 4 is 40.3 Å². The normalized spacial score (nSPS) is 16.8. The maximum atomic E-state index is 12.9. The van der Waals surface area contributed by atoms with Gasteiger partial charge in [-0.1, -0.05) is 49.1 Å². The first kappa shape index (κ1) is 20.8. The maximum absolute atomic E-state index is 12.9. The number of amides is 1. The smallest absolute Gasteiger partial charge is 0.266 e. The largest absolute Gasteiger partial charge is 0.486 e. The Bertz CT molecular complexity index is 1220. The van der Waals surface area contributed by atoms with Crippen molar-refractivity contribution in [3.05, 3.63) is 65.2 Å². The highest BCUT2D eigenvalue weighted by Gasteiger charge is 2.31. The number of aromatic nitrogens is 2. The number of para-hydroxylation sites is 1. The Morgan fingerprint density at radius 2 is 1.91 bits per heavy atom. The molecule has 0 N–H and O–H groups in total. The van der Waals surface area contributed by atoms with Gasteiger partial charge in [-0.25, -0.2) is 4.68 Å². The monoisotopic (exact) mass is 463 g/mol. The van der Waals surface area contributed by atoms with Crippen LogP contribution in [-0.4, -0.2) is 44.7 Å². The molecule has 0 bridgehead atoms. The summed E-state index contributed by atoms with van der Waals surface area (Å²) in [6.45, 7) is 3.72. The molecule has 1 saturated heterocycles. The highest BCUT2D eigenvalue weighted by Crippen LogP contribution is 2.38. The van der Waals surface area contributed by atoms with Crippen LogP contribution in [0.3, 0.4) is 0 Å². The first-order valence-corrected chi connectivity index (χ1v) is 11.7. The van der Waals surface area contributed by atoms with Gasteiger partial charge >= 0.3 is 0 Å². The average molecular weight is 464 g/mol. The summed E-state index contributed by atoms with van der Waals surface area (Å²) >= 11 is 6.76. The zero-order chi connectivity index (χ0) is 22.1. The molecule has 2 aliphatic heterocycles. The van der Waals surface area contributed by atoms with Crippen molar-refractivity contribution in [2.75, 3.05) is 19.8 Å². The Labute approximate surface area is 195 Å². The predicted octanol–water partition coefficient (Wildman–Crippen LogP) is 4.92. The summed E-state index contributed by atoms with van der Waals surface area (Å²) in [5, 5.41) is 4.85. The number of hydrogen-bond acceptors (Lipinski definition) is 6. The average Bonchev–Trinajstić information content (AvgIpc) is 3.36. The van der Waals surface area contributed by atoms with E-state index in [2.05, 4.69) is 0 Å². The van der Waals surface area contributed by atoms with E-state index in [1.165, 1.54) is 11.8 Å². The van der Waals surface area contributed by atoms with Gasteiger partial charge in [0.25, 0.3) is 5.91 Å². The summed E-state index contributed by atoms with van der Waals surface area (Å²) in [6.07, 6.45) is 4.68. The molecule has 5 rings (SSSR count). The van der Waals surface area contributed by atoms with E-state index in [-0.39, 0.29) is 5.91 Å². The molecule has 6 nitrogen and oxygen atoms in total. The summed E-state index contributed by atoms with van der Waals surface area (Å²) in [7, 11) is 0. The molecule has 1 fully saturated rings. The molecular formula is C24H21N3O3S2. The summed E-state index contributed by atoms with van der Waals surface area (Å²) in [6, 6.07) is 15.7. The Kier molecular flexibility index (Phi) is 5.71. The van der Waals surface area contributed by atoms with Crippen molar-refractivity contribution in [2.45, 2.75) is 13.3 Å². The molecule has 2 aliphatic rings. The minimum Gasteiger partial charge on any atom is -0.486 e. The second-order valence-corrected chi connectivity index (χ2v) is 9.08. The fourth-order valence-electron chi connectivity index (χ4n) is 3.68. The number of fused-ring (bicyclic) bond motifs is 1. The Balaban J connectivity index is 1.60. The van der Waals surface area contributed by atoms with Crippen LogP contribution >= 0.6 is 24.0 Å². The molecule has 162 valence electrons. The van der Waals surface area contributed by atoms with Crippen LogP contribution in [0.5, 0.6) is 11.5 Å². The third-order valence-corrected chi connectivity index (χ3v) is 6.56. The van der Waals surface area contributed by atoms with Gasteiger partial charge in [0, 0.05) is 23.9 Å². The molecule has 2 aromatic carbocycles. The SMILES string of the molecule is CCCN1C(=O)/C(=C/c2cn(-c3ccccc3)nc2-c2ccc3c(c2)OCCO3)SC1=S. The van der Waals surface area contributed by atoms with Gasteiger partial charge in [-0.15, -0.1) is 0 Å². The van der Waals surface area contributed by atoms with Crippen LogP contribution in [0.4, 0.5) is 0 Å². The first-order chi connectivity index (χ1) is 15.6. The Morgan fingerprint density at radius 3 is 2.69 bits per heavy atom. The number of nitrogens with zero attached hydrogens (tertiary/aromatic N) is 3. The quantitative estimate of drug-likeness (QED) is 0.395. The number of thioether (sulfide) groups is 1. The number of hydrogen-bond donors (Lipinski definition) is 0. The molecule has 0 unspecified atom stereocenters. The van der Waals surface area contributed by atoms with Gasteiger partial charge in [0.1, 0.15) is 23.2 Å². The van der Waals surface area contributed by atoms with Gasteiger partial charge in [0.15, 0.2) is 11.5 Å². The lowest BCUT2D eigenvalue weighted by Gasteiger charge is -2.18. The van der Waals surface area contributed by atoms with Gasteiger partial charge in [0.05, 0.1) is 10.6 Å². The van der Waals surface area contributed by atoms with Crippen LogP contribution in [-0.2, 0) is 4.79 Å². The standard InChI is InChI=1S/C24H21N3O3S2/c1-2-10-26-23(28)21(32-24(26)31)14-17-15-27(18-6-4-3-5-7-18)25-22(17)16-8-9-19-20(13-16)30-12-11-29-19/h3-9,13-15H,2,10-12H2,1H3/b21-14-. The molecule has 3 aromatic rings. The first-order valence-electron chi connectivity index (χ1n) is 10.4. The van der Waals surface area contributed by atoms with E-state index >= 15 is 0 Å². The lowest BCUT2D eigenvalue weighted by molar-refractivity contribution is -0.122. The second kappa shape index (κ2) is 8.80. The van der Waals surface area contributed by atoms with E-state index in [0.29, 0.717) is 34.7 Å². The van der Waals surface area contributed by atoms with E-state index < -0.39 is 0 Å². The molecule has 8 heteroatoms. The number of carbonyl (C=O) groups excluding carboxylic acids is 1. The summed E-state index contributed by atoms with van der Waals surface area (Å²) in [5.41, 5.74) is 3.41. The zero-order valence-corrected chi connectivity index (χ0v) is 19.1. The molecule has 1 amide bonds. The van der Waals surface area contributed by atoms with Gasteiger partial charge in [-0.05, 0) is 42.8 Å². The topological polar surface area (TPSA) is 56.6 Å². The van der Waals surface area contributed by atoms with Crippen LogP contribution < -0.4 is 9.47 Å². The number of carbonyl (C=O) groups is 1. The number of rotatable bonds is 5. The molecule has 0 atom stereocenters. The summed E-state index contributed by atoms with van der Waals surface area (Å²) in [4.78, 5) is 15.2. The van der Waals surface area contributed by atoms with Crippen molar-refractivity contribution in [3.63, 3.8) is 0 Å². The van der Waals surface area contributed by atoms with Crippen LogP contribution in [0, 0.1) is 0 Å². The van der Waals surface area contributed by atoms with E-state index in [1.807, 2.05) is 72.4 Å². The minimum atomic E-state index is -0.0533. The summed E-state index contributed by atoms with van der Waals surface area (Å²) < 4.78 is 13.8. The van der Waals surface area contributed by atoms with E-state index in [9.17, 15) is 4.79 Å². The van der Waals surface area contributed by atoms with Gasteiger partial charge in [-0.2, -0.15) is 5.10 Å². The van der Waals surface area contributed by atoms with Gasteiger partial charge in [-0.3, -0.25) is 9.69 Å². The van der Waals surface area contributed by atoms with E-state index in [4.69, 9.17) is 26.8 Å². The van der Waals surface area contributed by atoms with E-state index in [1.54, 1.807) is 4.90 Å². The van der Waals surface area contributed by atoms with Crippen LogP contribution in [0.15, 0.2) is 59.6 Å². The molecule has 32 heavy (non-hydrogen) atoms.